The van der Waals surface area contributed by atoms with Crippen molar-refractivity contribution in [2.24, 2.45) is 0 Å². The second kappa shape index (κ2) is 5.43. The van der Waals surface area contributed by atoms with Gasteiger partial charge in [-0.05, 0) is 36.8 Å². The zero-order chi connectivity index (χ0) is 15.6. The second-order valence-corrected chi connectivity index (χ2v) is 4.46. The van der Waals surface area contributed by atoms with Crippen molar-refractivity contribution in [3.05, 3.63) is 53.3 Å². The van der Waals surface area contributed by atoms with Crippen LogP contribution >= 0.6 is 0 Å². The van der Waals surface area contributed by atoms with Gasteiger partial charge in [0.15, 0.2) is 0 Å². The molecule has 1 aromatic heterocycles. The van der Waals surface area contributed by atoms with Crippen LogP contribution in [-0.2, 0) is 6.18 Å². The molecule has 7 heteroatoms. The third-order valence-corrected chi connectivity index (χ3v) is 2.85. The van der Waals surface area contributed by atoms with Crippen LogP contribution in [-0.4, -0.2) is 10.9 Å². The number of nitrogens with two attached hydrogens (primary N) is 1. The van der Waals surface area contributed by atoms with Gasteiger partial charge in [-0.2, -0.15) is 13.2 Å². The summed E-state index contributed by atoms with van der Waals surface area (Å²) in [4.78, 5) is 15.1. The number of alkyl halides is 3. The van der Waals surface area contributed by atoms with E-state index in [-0.39, 0.29) is 5.56 Å². The Kier molecular flexibility index (Phi) is 3.84. The molecule has 1 amide bonds. The van der Waals surface area contributed by atoms with Gasteiger partial charge in [0.2, 0.25) is 0 Å². The molecule has 0 radical (unpaired) electrons. The average molecular weight is 295 g/mol. The lowest BCUT2D eigenvalue weighted by Gasteiger charge is -2.09. The van der Waals surface area contributed by atoms with E-state index >= 15 is 0 Å². The van der Waals surface area contributed by atoms with Gasteiger partial charge in [0.25, 0.3) is 5.91 Å². The largest absolute Gasteiger partial charge is 0.433 e. The predicted octanol–water partition coefficient (Wildman–Crippen LogP) is 3.24. The molecule has 0 aliphatic rings. The quantitative estimate of drug-likeness (QED) is 0.836. The number of aromatic nitrogens is 1. The van der Waals surface area contributed by atoms with Gasteiger partial charge in [-0.15, -0.1) is 0 Å². The Labute approximate surface area is 118 Å². The molecular weight excluding hydrogens is 283 g/mol. The number of benzene rings is 1. The number of anilines is 2. The number of pyridine rings is 1. The first-order chi connectivity index (χ1) is 9.77. The van der Waals surface area contributed by atoms with Crippen LogP contribution in [0.15, 0.2) is 36.5 Å². The monoisotopic (exact) mass is 295 g/mol. The highest BCUT2D eigenvalue weighted by molar-refractivity contribution is 6.04. The minimum absolute atomic E-state index is 0.0298. The number of carbonyl (C=O) groups is 1. The van der Waals surface area contributed by atoms with E-state index in [2.05, 4.69) is 10.3 Å². The molecule has 0 fully saturated rings. The van der Waals surface area contributed by atoms with E-state index in [1.54, 1.807) is 18.2 Å². The van der Waals surface area contributed by atoms with E-state index < -0.39 is 17.8 Å². The molecule has 0 aliphatic carbocycles. The maximum absolute atomic E-state index is 12.4. The van der Waals surface area contributed by atoms with Gasteiger partial charge in [-0.1, -0.05) is 6.07 Å². The molecule has 4 nitrogen and oxygen atoms in total. The summed E-state index contributed by atoms with van der Waals surface area (Å²) in [7, 11) is 0. The van der Waals surface area contributed by atoms with Crippen LogP contribution in [0.5, 0.6) is 0 Å². The summed E-state index contributed by atoms with van der Waals surface area (Å²) in [6.45, 7) is 1.82. The van der Waals surface area contributed by atoms with Gasteiger partial charge in [0, 0.05) is 17.6 Å². The van der Waals surface area contributed by atoms with Crippen molar-refractivity contribution in [1.82, 2.24) is 4.98 Å². The summed E-state index contributed by atoms with van der Waals surface area (Å²) in [5.41, 5.74) is 6.54. The molecule has 0 saturated carbocycles. The SMILES string of the molecule is Cc1ccc(NC(=O)c2ccc(C(F)(F)F)nc2)cc1N. The zero-order valence-corrected chi connectivity index (χ0v) is 11.0. The molecule has 0 aliphatic heterocycles. The summed E-state index contributed by atoms with van der Waals surface area (Å²) < 4.78 is 37.1. The first kappa shape index (κ1) is 14.8. The van der Waals surface area contributed by atoms with Crippen molar-refractivity contribution in [1.29, 1.82) is 0 Å². The third-order valence-electron chi connectivity index (χ3n) is 2.85. The highest BCUT2D eigenvalue weighted by Crippen LogP contribution is 2.27. The van der Waals surface area contributed by atoms with Crippen LogP contribution in [0.25, 0.3) is 0 Å². The number of hydrogen-bond donors (Lipinski definition) is 2. The van der Waals surface area contributed by atoms with Crippen molar-refractivity contribution in [3.63, 3.8) is 0 Å². The number of hydrogen-bond acceptors (Lipinski definition) is 3. The number of rotatable bonds is 2. The lowest BCUT2D eigenvalue weighted by atomic mass is 10.1. The molecule has 0 atom stereocenters. The van der Waals surface area contributed by atoms with Crippen molar-refractivity contribution < 1.29 is 18.0 Å². The molecule has 2 rings (SSSR count). The summed E-state index contributed by atoms with van der Waals surface area (Å²) in [6, 6.07) is 6.79. The molecule has 0 saturated heterocycles. The van der Waals surface area contributed by atoms with Crippen LogP contribution in [0, 0.1) is 6.92 Å². The van der Waals surface area contributed by atoms with Gasteiger partial charge in [-0.3, -0.25) is 9.78 Å². The lowest BCUT2D eigenvalue weighted by Crippen LogP contribution is -2.14. The second-order valence-electron chi connectivity index (χ2n) is 4.46. The summed E-state index contributed by atoms with van der Waals surface area (Å²) in [6.07, 6.45) is -3.64. The third kappa shape index (κ3) is 3.50. The minimum atomic E-state index is -4.53. The number of aryl methyl sites for hydroxylation is 1. The van der Waals surface area contributed by atoms with Crippen LogP contribution in [0.4, 0.5) is 24.5 Å². The topological polar surface area (TPSA) is 68.0 Å². The van der Waals surface area contributed by atoms with Crippen LogP contribution in [0.1, 0.15) is 21.6 Å². The highest BCUT2D eigenvalue weighted by atomic mass is 19.4. The Morgan fingerprint density at radius 2 is 1.95 bits per heavy atom. The zero-order valence-electron chi connectivity index (χ0n) is 11.0. The first-order valence-corrected chi connectivity index (χ1v) is 5.98. The normalized spacial score (nSPS) is 11.2. The smallest absolute Gasteiger partial charge is 0.398 e. The molecule has 2 aromatic rings. The molecule has 110 valence electrons. The summed E-state index contributed by atoms with van der Waals surface area (Å²) >= 11 is 0. The fraction of sp³-hybridized carbons (Fsp3) is 0.143. The van der Waals surface area contributed by atoms with Crippen molar-refractivity contribution in [3.8, 4) is 0 Å². The Morgan fingerprint density at radius 3 is 2.48 bits per heavy atom. The number of nitrogens with one attached hydrogen (secondary N) is 1. The maximum atomic E-state index is 12.4. The fourth-order valence-electron chi connectivity index (χ4n) is 1.62. The molecule has 1 heterocycles. The van der Waals surface area contributed by atoms with E-state index in [1.165, 1.54) is 0 Å². The number of amides is 1. The lowest BCUT2D eigenvalue weighted by molar-refractivity contribution is -0.141. The average Bonchev–Trinajstić information content (AvgIpc) is 2.42. The maximum Gasteiger partial charge on any atom is 0.433 e. The van der Waals surface area contributed by atoms with Crippen molar-refractivity contribution >= 4 is 17.3 Å². The van der Waals surface area contributed by atoms with Crippen LogP contribution < -0.4 is 11.1 Å². The Hall–Kier alpha value is -2.57. The van der Waals surface area contributed by atoms with E-state index in [0.717, 1.165) is 23.9 Å². The van der Waals surface area contributed by atoms with Crippen molar-refractivity contribution in [2.75, 3.05) is 11.1 Å². The van der Waals surface area contributed by atoms with Crippen molar-refractivity contribution in [2.45, 2.75) is 13.1 Å². The molecule has 0 spiro atoms. The van der Waals surface area contributed by atoms with Gasteiger partial charge in [0.1, 0.15) is 5.69 Å². The molecule has 0 unspecified atom stereocenters. The predicted molar refractivity (Wildman–Crippen MR) is 72.8 cm³/mol. The van der Waals surface area contributed by atoms with Gasteiger partial charge >= 0.3 is 6.18 Å². The van der Waals surface area contributed by atoms with E-state index in [4.69, 9.17) is 5.73 Å². The fourth-order valence-corrected chi connectivity index (χ4v) is 1.62. The Balaban J connectivity index is 2.15. The Bertz CT molecular complexity index is 666. The number of halogens is 3. The molecular formula is C14H12F3N3O. The number of nitrogens with zero attached hydrogens (tertiary/aromatic N) is 1. The van der Waals surface area contributed by atoms with E-state index in [1.807, 2.05) is 6.92 Å². The number of nitrogen functional groups attached to an aromatic ring is 1. The highest BCUT2D eigenvalue weighted by Gasteiger charge is 2.32. The molecule has 0 bridgehead atoms. The standard InChI is InChI=1S/C14H12F3N3O/c1-8-2-4-10(6-11(8)18)20-13(21)9-3-5-12(19-7-9)14(15,16)17/h2-7H,18H2,1H3,(H,20,21). The Morgan fingerprint density at radius 1 is 1.24 bits per heavy atom. The summed E-state index contributed by atoms with van der Waals surface area (Å²) in [5, 5.41) is 2.54. The van der Waals surface area contributed by atoms with Crippen LogP contribution in [0.3, 0.4) is 0 Å². The minimum Gasteiger partial charge on any atom is -0.398 e. The van der Waals surface area contributed by atoms with E-state index in [0.29, 0.717) is 11.4 Å². The molecule has 21 heavy (non-hydrogen) atoms. The van der Waals surface area contributed by atoms with Gasteiger partial charge < -0.3 is 11.1 Å². The van der Waals surface area contributed by atoms with E-state index in [9.17, 15) is 18.0 Å². The van der Waals surface area contributed by atoms with Crippen LogP contribution in [0.2, 0.25) is 0 Å². The summed E-state index contributed by atoms with van der Waals surface area (Å²) in [5.74, 6) is -0.556. The first-order valence-electron chi connectivity index (χ1n) is 5.98. The molecule has 1 aromatic carbocycles. The number of carbonyl (C=O) groups excluding carboxylic acids is 1. The van der Waals surface area contributed by atoms with Gasteiger partial charge in [-0.25, -0.2) is 0 Å². The van der Waals surface area contributed by atoms with Gasteiger partial charge in [0.05, 0.1) is 5.56 Å². The molecule has 3 N–H and O–H groups in total.